The molecule has 0 saturated carbocycles. The number of rotatable bonds is 4. The zero-order chi connectivity index (χ0) is 13.0. The number of nitrogens with two attached hydrogens (primary N) is 2. The van der Waals surface area contributed by atoms with E-state index in [4.69, 9.17) is 11.5 Å². The summed E-state index contributed by atoms with van der Waals surface area (Å²) in [5.41, 5.74) is 12.5. The van der Waals surface area contributed by atoms with Crippen molar-refractivity contribution in [1.29, 1.82) is 0 Å². The first kappa shape index (κ1) is 13.1. The van der Waals surface area contributed by atoms with Crippen LogP contribution in [0.25, 0.3) is 0 Å². The molecule has 2 rings (SSSR count). The van der Waals surface area contributed by atoms with Gasteiger partial charge in [-0.1, -0.05) is 30.3 Å². The molecule has 4 N–H and O–H groups in total. The number of amides is 1. The molecule has 98 valence electrons. The van der Waals surface area contributed by atoms with Crippen molar-refractivity contribution in [1.82, 2.24) is 4.90 Å². The normalized spacial score (nSPS) is 23.3. The SMILES string of the molecule is NCCC(=O)N1C[C@@H](CN)[C@H](c2ccccc2)C1. The van der Waals surface area contributed by atoms with Gasteiger partial charge in [0.25, 0.3) is 0 Å². The molecule has 1 fully saturated rings. The van der Waals surface area contributed by atoms with Crippen LogP contribution in [0.4, 0.5) is 0 Å². The summed E-state index contributed by atoms with van der Waals surface area (Å²) in [6, 6.07) is 10.3. The van der Waals surface area contributed by atoms with Gasteiger partial charge in [-0.25, -0.2) is 0 Å². The zero-order valence-electron chi connectivity index (χ0n) is 10.6. The third kappa shape index (κ3) is 2.71. The Kier molecular flexibility index (Phi) is 4.33. The fraction of sp³-hybridized carbons (Fsp3) is 0.500. The Hall–Kier alpha value is -1.39. The molecule has 0 bridgehead atoms. The van der Waals surface area contributed by atoms with Crippen LogP contribution in [0.5, 0.6) is 0 Å². The Labute approximate surface area is 108 Å². The average molecular weight is 247 g/mol. The molecule has 1 amide bonds. The topological polar surface area (TPSA) is 72.4 Å². The predicted octanol–water partition coefficient (Wildman–Crippen LogP) is 0.536. The summed E-state index contributed by atoms with van der Waals surface area (Å²) in [4.78, 5) is 13.8. The Bertz CT molecular complexity index is 393. The summed E-state index contributed by atoms with van der Waals surface area (Å²) in [5, 5.41) is 0. The summed E-state index contributed by atoms with van der Waals surface area (Å²) in [5.74, 6) is 0.862. The summed E-state index contributed by atoms with van der Waals surface area (Å²) in [6.45, 7) is 2.56. The lowest BCUT2D eigenvalue weighted by molar-refractivity contribution is -0.130. The molecule has 1 saturated heterocycles. The minimum atomic E-state index is 0.148. The number of hydrogen-bond acceptors (Lipinski definition) is 3. The molecule has 4 heteroatoms. The third-order valence-corrected chi connectivity index (χ3v) is 3.68. The molecule has 0 unspecified atom stereocenters. The Morgan fingerprint density at radius 2 is 1.94 bits per heavy atom. The first-order chi connectivity index (χ1) is 8.76. The standard InChI is InChI=1S/C14H21N3O/c15-7-6-14(18)17-9-12(8-16)13(10-17)11-4-2-1-3-5-11/h1-5,12-13H,6-10,15-16H2/t12-,13+/m1/s1. The number of benzene rings is 1. The lowest BCUT2D eigenvalue weighted by Crippen LogP contribution is -2.31. The number of likely N-dealkylation sites (tertiary alicyclic amines) is 1. The molecule has 0 spiro atoms. The quantitative estimate of drug-likeness (QED) is 0.815. The molecule has 4 nitrogen and oxygen atoms in total. The molecule has 0 radical (unpaired) electrons. The van der Waals surface area contributed by atoms with Gasteiger partial charge in [0, 0.05) is 32.0 Å². The van der Waals surface area contributed by atoms with E-state index in [0.717, 1.165) is 13.1 Å². The first-order valence-electron chi connectivity index (χ1n) is 6.49. The van der Waals surface area contributed by atoms with E-state index in [2.05, 4.69) is 12.1 Å². The van der Waals surface area contributed by atoms with E-state index in [1.54, 1.807) is 0 Å². The van der Waals surface area contributed by atoms with E-state index in [1.165, 1.54) is 5.56 Å². The highest BCUT2D eigenvalue weighted by molar-refractivity contribution is 5.76. The van der Waals surface area contributed by atoms with Gasteiger partial charge in [0.1, 0.15) is 0 Å². The number of hydrogen-bond donors (Lipinski definition) is 2. The summed E-state index contributed by atoms with van der Waals surface area (Å²) in [7, 11) is 0. The molecule has 2 atom stereocenters. The zero-order valence-corrected chi connectivity index (χ0v) is 10.6. The maximum absolute atomic E-state index is 11.9. The summed E-state index contributed by atoms with van der Waals surface area (Å²) >= 11 is 0. The van der Waals surface area contributed by atoms with E-state index in [9.17, 15) is 4.79 Å². The second-order valence-corrected chi connectivity index (χ2v) is 4.85. The molecule has 1 aromatic rings. The highest BCUT2D eigenvalue weighted by atomic mass is 16.2. The number of carbonyl (C=O) groups excluding carboxylic acids is 1. The van der Waals surface area contributed by atoms with Gasteiger partial charge in [-0.05, 0) is 18.0 Å². The van der Waals surface area contributed by atoms with E-state index >= 15 is 0 Å². The molecule has 1 aliphatic heterocycles. The van der Waals surface area contributed by atoms with Gasteiger partial charge < -0.3 is 16.4 Å². The smallest absolute Gasteiger partial charge is 0.223 e. The average Bonchev–Trinajstić information content (AvgIpc) is 2.84. The van der Waals surface area contributed by atoms with Crippen molar-refractivity contribution in [2.75, 3.05) is 26.2 Å². The van der Waals surface area contributed by atoms with Gasteiger partial charge in [-0.15, -0.1) is 0 Å². The maximum atomic E-state index is 11.9. The molecular weight excluding hydrogens is 226 g/mol. The van der Waals surface area contributed by atoms with E-state index in [0.29, 0.717) is 31.3 Å². The van der Waals surface area contributed by atoms with Crippen LogP contribution in [-0.2, 0) is 4.79 Å². The molecular formula is C14H21N3O. The Balaban J connectivity index is 2.10. The van der Waals surface area contributed by atoms with Crippen LogP contribution in [0, 0.1) is 5.92 Å². The highest BCUT2D eigenvalue weighted by Crippen LogP contribution is 2.32. The molecule has 1 heterocycles. The minimum Gasteiger partial charge on any atom is -0.342 e. The van der Waals surface area contributed by atoms with Crippen LogP contribution in [0.2, 0.25) is 0 Å². The van der Waals surface area contributed by atoms with Gasteiger partial charge >= 0.3 is 0 Å². The third-order valence-electron chi connectivity index (χ3n) is 3.68. The first-order valence-corrected chi connectivity index (χ1v) is 6.49. The van der Waals surface area contributed by atoms with Crippen molar-refractivity contribution in [3.8, 4) is 0 Å². The Morgan fingerprint density at radius 3 is 2.56 bits per heavy atom. The van der Waals surface area contributed by atoms with Crippen LogP contribution in [0.1, 0.15) is 17.9 Å². The fourth-order valence-corrected chi connectivity index (χ4v) is 2.67. The minimum absolute atomic E-state index is 0.148. The maximum Gasteiger partial charge on any atom is 0.223 e. The van der Waals surface area contributed by atoms with Gasteiger partial charge in [0.05, 0.1) is 0 Å². The van der Waals surface area contributed by atoms with Gasteiger partial charge in [0.2, 0.25) is 5.91 Å². The van der Waals surface area contributed by atoms with Crippen LogP contribution in [0.3, 0.4) is 0 Å². The van der Waals surface area contributed by atoms with Gasteiger partial charge in [-0.3, -0.25) is 4.79 Å². The van der Waals surface area contributed by atoms with E-state index in [-0.39, 0.29) is 5.91 Å². The lowest BCUT2D eigenvalue weighted by Gasteiger charge is -2.16. The summed E-state index contributed by atoms with van der Waals surface area (Å²) < 4.78 is 0. The lowest BCUT2D eigenvalue weighted by atomic mass is 9.89. The molecule has 0 aliphatic carbocycles. The predicted molar refractivity (Wildman–Crippen MR) is 72.0 cm³/mol. The second kappa shape index (κ2) is 5.98. The number of carbonyl (C=O) groups is 1. The van der Waals surface area contributed by atoms with Crippen molar-refractivity contribution < 1.29 is 4.79 Å². The van der Waals surface area contributed by atoms with Crippen LogP contribution >= 0.6 is 0 Å². The van der Waals surface area contributed by atoms with E-state index in [1.807, 2.05) is 23.1 Å². The van der Waals surface area contributed by atoms with Crippen LogP contribution in [0.15, 0.2) is 30.3 Å². The molecule has 1 aromatic carbocycles. The molecule has 0 aromatic heterocycles. The van der Waals surface area contributed by atoms with Crippen LogP contribution in [-0.4, -0.2) is 37.0 Å². The van der Waals surface area contributed by atoms with Crippen molar-refractivity contribution in [3.05, 3.63) is 35.9 Å². The Morgan fingerprint density at radius 1 is 1.22 bits per heavy atom. The van der Waals surface area contributed by atoms with Crippen LogP contribution < -0.4 is 11.5 Å². The number of nitrogens with zero attached hydrogens (tertiary/aromatic N) is 1. The van der Waals surface area contributed by atoms with Gasteiger partial charge in [0.15, 0.2) is 0 Å². The van der Waals surface area contributed by atoms with Crippen molar-refractivity contribution in [2.45, 2.75) is 12.3 Å². The monoisotopic (exact) mass is 247 g/mol. The van der Waals surface area contributed by atoms with E-state index < -0.39 is 0 Å². The summed E-state index contributed by atoms with van der Waals surface area (Å²) in [6.07, 6.45) is 0.429. The van der Waals surface area contributed by atoms with Crippen molar-refractivity contribution in [3.63, 3.8) is 0 Å². The molecule has 18 heavy (non-hydrogen) atoms. The molecule has 1 aliphatic rings. The second-order valence-electron chi connectivity index (χ2n) is 4.85. The van der Waals surface area contributed by atoms with Gasteiger partial charge in [-0.2, -0.15) is 0 Å². The van der Waals surface area contributed by atoms with Crippen molar-refractivity contribution >= 4 is 5.91 Å². The largest absolute Gasteiger partial charge is 0.342 e. The highest BCUT2D eigenvalue weighted by Gasteiger charge is 2.34. The van der Waals surface area contributed by atoms with Crippen molar-refractivity contribution in [2.24, 2.45) is 17.4 Å². The fourth-order valence-electron chi connectivity index (χ4n) is 2.67.